The first-order valence-corrected chi connectivity index (χ1v) is 8.86. The monoisotopic (exact) mass is 385 g/mol. The number of ether oxygens (including phenoxy) is 2. The van der Waals surface area contributed by atoms with E-state index in [-0.39, 0.29) is 12.4 Å². The van der Waals surface area contributed by atoms with Gasteiger partial charge in [-0.1, -0.05) is 23.7 Å². The highest BCUT2D eigenvalue weighted by Crippen LogP contribution is 2.35. The minimum Gasteiger partial charge on any atom is -0.469 e. The van der Waals surface area contributed by atoms with E-state index in [1.165, 1.54) is 14.2 Å². The molecule has 5 nitrogen and oxygen atoms in total. The zero-order valence-corrected chi connectivity index (χ0v) is 16.2. The summed E-state index contributed by atoms with van der Waals surface area (Å²) in [6, 6.07) is 13.0. The smallest absolute Gasteiger partial charge is 0.337 e. The van der Waals surface area contributed by atoms with Crippen molar-refractivity contribution in [3.63, 3.8) is 0 Å². The molecule has 0 aliphatic heterocycles. The number of benzene rings is 2. The first-order valence-electron chi connectivity index (χ1n) is 8.48. The number of esters is 2. The number of carbonyl (C=O) groups is 2. The minimum atomic E-state index is -0.396. The lowest BCUT2D eigenvalue weighted by molar-refractivity contribution is -0.140. The average molecular weight is 386 g/mol. The maximum atomic E-state index is 12.0. The van der Waals surface area contributed by atoms with E-state index in [4.69, 9.17) is 21.1 Å². The first kappa shape index (κ1) is 19.0. The summed E-state index contributed by atoms with van der Waals surface area (Å²) < 4.78 is 11.7. The molecule has 0 bridgehead atoms. The summed E-state index contributed by atoms with van der Waals surface area (Å²) in [4.78, 5) is 23.7. The fourth-order valence-corrected chi connectivity index (χ4v) is 3.45. The van der Waals surface area contributed by atoms with Crippen LogP contribution in [0.5, 0.6) is 0 Å². The molecule has 2 aromatic carbocycles. The lowest BCUT2D eigenvalue weighted by Crippen LogP contribution is -2.03. The second-order valence-electron chi connectivity index (χ2n) is 6.19. The van der Waals surface area contributed by atoms with Crippen molar-refractivity contribution in [3.05, 3.63) is 58.6 Å². The van der Waals surface area contributed by atoms with Crippen molar-refractivity contribution in [3.8, 4) is 11.3 Å². The molecular weight excluding hydrogens is 366 g/mol. The van der Waals surface area contributed by atoms with Gasteiger partial charge in [0, 0.05) is 29.4 Å². The molecule has 0 fully saturated rings. The van der Waals surface area contributed by atoms with Gasteiger partial charge >= 0.3 is 11.9 Å². The number of rotatable bonds is 5. The lowest BCUT2D eigenvalue weighted by atomic mass is 10.00. The molecule has 3 aromatic rings. The summed E-state index contributed by atoms with van der Waals surface area (Å²) in [5.74, 6) is -0.675. The zero-order chi connectivity index (χ0) is 19.6. The largest absolute Gasteiger partial charge is 0.469 e. The molecule has 0 N–H and O–H groups in total. The Bertz CT molecular complexity index is 1010. The van der Waals surface area contributed by atoms with E-state index in [9.17, 15) is 9.59 Å². The summed E-state index contributed by atoms with van der Waals surface area (Å²) in [6.45, 7) is 0. The minimum absolute atomic E-state index is 0.249. The van der Waals surface area contributed by atoms with Crippen LogP contribution in [-0.2, 0) is 27.7 Å². The zero-order valence-electron chi connectivity index (χ0n) is 15.4. The molecule has 3 rings (SSSR count). The highest BCUT2D eigenvalue weighted by atomic mass is 35.5. The molecule has 0 saturated heterocycles. The highest BCUT2D eigenvalue weighted by Gasteiger charge is 2.19. The second-order valence-corrected chi connectivity index (χ2v) is 6.63. The van der Waals surface area contributed by atoms with Crippen LogP contribution in [0.1, 0.15) is 22.3 Å². The Labute approximate surface area is 162 Å². The van der Waals surface area contributed by atoms with Crippen LogP contribution < -0.4 is 0 Å². The number of nitrogens with zero attached hydrogens (tertiary/aromatic N) is 1. The number of fused-ring (bicyclic) bond motifs is 1. The molecule has 0 saturated carbocycles. The second kappa shape index (κ2) is 7.84. The van der Waals surface area contributed by atoms with Gasteiger partial charge in [0.25, 0.3) is 0 Å². The Kier molecular flexibility index (Phi) is 5.51. The SMILES string of the molecule is COC(=O)CCc1c(-c2ccc(Cl)cc2)n(C)c2ccc(C(=O)OC)cc12. The number of aryl methyl sites for hydroxylation is 2. The topological polar surface area (TPSA) is 57.5 Å². The van der Waals surface area contributed by atoms with Crippen LogP contribution in [0.25, 0.3) is 22.2 Å². The fourth-order valence-electron chi connectivity index (χ4n) is 3.32. The van der Waals surface area contributed by atoms with Crippen LogP contribution >= 0.6 is 11.6 Å². The molecule has 0 aliphatic carbocycles. The van der Waals surface area contributed by atoms with Crippen LogP contribution in [0.4, 0.5) is 0 Å². The normalized spacial score (nSPS) is 10.8. The van der Waals surface area contributed by atoms with Gasteiger partial charge in [-0.15, -0.1) is 0 Å². The Morgan fingerprint density at radius 1 is 1.04 bits per heavy atom. The third-order valence-corrected chi connectivity index (χ3v) is 4.90. The molecule has 0 unspecified atom stereocenters. The predicted molar refractivity (Wildman–Crippen MR) is 105 cm³/mol. The van der Waals surface area contributed by atoms with Crippen molar-refractivity contribution in [1.82, 2.24) is 4.57 Å². The molecule has 0 spiro atoms. The number of halogens is 1. The lowest BCUT2D eigenvalue weighted by Gasteiger charge is -2.08. The van der Waals surface area contributed by atoms with Crippen LogP contribution in [-0.4, -0.2) is 30.7 Å². The molecule has 1 heterocycles. The molecule has 0 amide bonds. The standard InChI is InChI=1S/C21H20ClNO4/c1-23-18-10-6-14(21(25)27-3)12-17(18)16(9-11-19(24)26-2)20(23)13-4-7-15(22)8-5-13/h4-8,10,12H,9,11H2,1-3H3. The number of hydrogen-bond acceptors (Lipinski definition) is 4. The van der Waals surface area contributed by atoms with E-state index < -0.39 is 5.97 Å². The molecule has 27 heavy (non-hydrogen) atoms. The van der Waals surface area contributed by atoms with Crippen molar-refractivity contribution in [1.29, 1.82) is 0 Å². The van der Waals surface area contributed by atoms with Crippen molar-refractivity contribution < 1.29 is 19.1 Å². The van der Waals surface area contributed by atoms with Gasteiger partial charge < -0.3 is 14.0 Å². The van der Waals surface area contributed by atoms with Crippen LogP contribution in [0.3, 0.4) is 0 Å². The summed E-state index contributed by atoms with van der Waals surface area (Å²) in [6.07, 6.45) is 0.741. The first-order chi connectivity index (χ1) is 13.0. The van der Waals surface area contributed by atoms with E-state index in [1.807, 2.05) is 43.4 Å². The average Bonchev–Trinajstić information content (AvgIpc) is 2.97. The van der Waals surface area contributed by atoms with Gasteiger partial charge in [0.2, 0.25) is 0 Å². The Hall–Kier alpha value is -2.79. The van der Waals surface area contributed by atoms with Gasteiger partial charge in [0.05, 0.1) is 25.5 Å². The van der Waals surface area contributed by atoms with Gasteiger partial charge in [-0.2, -0.15) is 0 Å². The molecule has 1 aromatic heterocycles. The maximum absolute atomic E-state index is 12.0. The summed E-state index contributed by atoms with van der Waals surface area (Å²) in [5.41, 5.74) is 4.38. The van der Waals surface area contributed by atoms with Crippen molar-refractivity contribution in [2.75, 3.05) is 14.2 Å². The van der Waals surface area contributed by atoms with Crippen LogP contribution in [0.2, 0.25) is 5.02 Å². The fraction of sp³-hybridized carbons (Fsp3) is 0.238. The van der Waals surface area contributed by atoms with E-state index in [0.29, 0.717) is 17.0 Å². The Balaban J connectivity index is 2.22. The van der Waals surface area contributed by atoms with Crippen molar-refractivity contribution in [2.24, 2.45) is 7.05 Å². The van der Waals surface area contributed by atoms with Crippen LogP contribution in [0.15, 0.2) is 42.5 Å². The molecule has 0 radical (unpaired) electrons. The molecule has 140 valence electrons. The van der Waals surface area contributed by atoms with Crippen molar-refractivity contribution in [2.45, 2.75) is 12.8 Å². The van der Waals surface area contributed by atoms with E-state index >= 15 is 0 Å². The quantitative estimate of drug-likeness (QED) is 0.611. The van der Waals surface area contributed by atoms with Gasteiger partial charge in [0.15, 0.2) is 0 Å². The molecule has 0 aliphatic rings. The van der Waals surface area contributed by atoms with Crippen molar-refractivity contribution >= 4 is 34.4 Å². The van der Waals surface area contributed by atoms with E-state index in [2.05, 4.69) is 4.57 Å². The van der Waals surface area contributed by atoms with E-state index in [1.54, 1.807) is 6.07 Å². The third kappa shape index (κ3) is 3.69. The molecular formula is C21H20ClNO4. The number of methoxy groups -OCH3 is 2. The summed E-state index contributed by atoms with van der Waals surface area (Å²) >= 11 is 6.03. The Morgan fingerprint density at radius 3 is 2.37 bits per heavy atom. The molecule has 0 atom stereocenters. The maximum Gasteiger partial charge on any atom is 0.337 e. The van der Waals surface area contributed by atoms with Gasteiger partial charge in [-0.3, -0.25) is 4.79 Å². The number of carbonyl (C=O) groups excluding carboxylic acids is 2. The summed E-state index contributed by atoms with van der Waals surface area (Å²) in [7, 11) is 4.70. The Morgan fingerprint density at radius 2 is 1.74 bits per heavy atom. The predicted octanol–water partition coefficient (Wildman–Crippen LogP) is 4.39. The van der Waals surface area contributed by atoms with E-state index in [0.717, 1.165) is 27.7 Å². The summed E-state index contributed by atoms with van der Waals surface area (Å²) in [5, 5.41) is 1.57. The third-order valence-electron chi connectivity index (χ3n) is 4.65. The van der Waals surface area contributed by atoms with Gasteiger partial charge in [0.1, 0.15) is 0 Å². The van der Waals surface area contributed by atoms with Gasteiger partial charge in [-0.05, 0) is 47.9 Å². The number of hydrogen-bond donors (Lipinski definition) is 0. The highest BCUT2D eigenvalue weighted by molar-refractivity contribution is 6.30. The molecule has 6 heteroatoms. The van der Waals surface area contributed by atoms with Gasteiger partial charge in [-0.25, -0.2) is 4.79 Å². The number of aromatic nitrogens is 1. The van der Waals surface area contributed by atoms with Crippen LogP contribution in [0, 0.1) is 0 Å².